The standard InChI is InChI=1S/C40H41F3N4O6/c1-39(2,3)40(23-48)22-44(14-15-47(40)38(51)52)37(50)36(49)21-53-27(19-45-32-7-5-4-6-28(32)29-16-24(41)8-11-33(29)45)20-46-34-12-9-25(42)17-30(34)31-18-26(43)10-13-35(31)46/h4-13,16-18,27,36,48-49H,14-15,19-23H2,1-3H3,(H,51,52)/t27?,36?,40-/m1/s1. The van der Waals surface area contributed by atoms with Crippen molar-refractivity contribution in [2.45, 2.75) is 51.6 Å². The van der Waals surface area contributed by atoms with Crippen molar-refractivity contribution in [1.29, 1.82) is 0 Å². The van der Waals surface area contributed by atoms with Crippen LogP contribution in [0.15, 0.2) is 78.9 Å². The van der Waals surface area contributed by atoms with E-state index in [4.69, 9.17) is 4.74 Å². The Hall–Kier alpha value is -5.11. The summed E-state index contributed by atoms with van der Waals surface area (Å²) < 4.78 is 53.7. The number of carbonyl (C=O) groups is 2. The van der Waals surface area contributed by atoms with Gasteiger partial charge in [0.05, 0.1) is 37.9 Å². The highest BCUT2D eigenvalue weighted by molar-refractivity contribution is 6.09. The van der Waals surface area contributed by atoms with Crippen LogP contribution in [0.5, 0.6) is 0 Å². The minimum atomic E-state index is -1.64. The first-order chi connectivity index (χ1) is 25.2. The Bertz CT molecular complexity index is 2310. The number of ether oxygens (including phenoxy) is 1. The Morgan fingerprint density at radius 1 is 0.774 bits per heavy atom. The number of rotatable bonds is 9. The molecule has 53 heavy (non-hydrogen) atoms. The third kappa shape index (κ3) is 6.36. The van der Waals surface area contributed by atoms with Crippen molar-refractivity contribution in [1.82, 2.24) is 18.9 Å². The van der Waals surface area contributed by atoms with Gasteiger partial charge in [0.25, 0.3) is 5.91 Å². The van der Waals surface area contributed by atoms with Crippen LogP contribution in [0.1, 0.15) is 20.8 Å². The second kappa shape index (κ2) is 13.7. The Morgan fingerprint density at radius 2 is 1.26 bits per heavy atom. The predicted octanol–water partition coefficient (Wildman–Crippen LogP) is 6.37. The summed E-state index contributed by atoms with van der Waals surface area (Å²) in [5.74, 6) is -2.02. The van der Waals surface area contributed by atoms with E-state index in [-0.39, 0.29) is 38.5 Å². The maximum absolute atomic E-state index is 14.5. The molecular formula is C40H41F3N4O6. The molecule has 1 saturated heterocycles. The molecule has 0 spiro atoms. The van der Waals surface area contributed by atoms with Gasteiger partial charge in [-0.05, 0) is 66.1 Å². The molecule has 13 heteroatoms. The number of aliphatic hydroxyl groups excluding tert-OH is 2. The van der Waals surface area contributed by atoms with Gasteiger partial charge in [-0.25, -0.2) is 18.0 Å². The minimum Gasteiger partial charge on any atom is -0.465 e. The highest BCUT2D eigenvalue weighted by Crippen LogP contribution is 2.39. The predicted molar refractivity (Wildman–Crippen MR) is 195 cm³/mol. The van der Waals surface area contributed by atoms with Gasteiger partial charge < -0.3 is 34.1 Å². The largest absolute Gasteiger partial charge is 0.465 e. The summed E-state index contributed by atoms with van der Waals surface area (Å²) in [5, 5.41) is 34.3. The first-order valence-electron chi connectivity index (χ1n) is 17.5. The van der Waals surface area contributed by atoms with E-state index in [2.05, 4.69) is 0 Å². The highest BCUT2D eigenvalue weighted by Gasteiger charge is 2.53. The molecule has 0 aliphatic carbocycles. The number of para-hydroxylation sites is 1. The molecule has 10 nitrogen and oxygen atoms in total. The van der Waals surface area contributed by atoms with Crippen LogP contribution >= 0.6 is 0 Å². The molecule has 6 aromatic rings. The van der Waals surface area contributed by atoms with Crippen LogP contribution in [0.4, 0.5) is 18.0 Å². The van der Waals surface area contributed by atoms with Crippen molar-refractivity contribution in [2.24, 2.45) is 5.41 Å². The van der Waals surface area contributed by atoms with Crippen molar-refractivity contribution < 1.29 is 42.8 Å². The average Bonchev–Trinajstić information content (AvgIpc) is 3.59. The Kier molecular flexibility index (Phi) is 9.37. The van der Waals surface area contributed by atoms with E-state index in [9.17, 15) is 38.1 Å². The second-order valence-corrected chi connectivity index (χ2v) is 14.8. The third-order valence-electron chi connectivity index (χ3n) is 10.8. The van der Waals surface area contributed by atoms with Crippen molar-refractivity contribution in [3.8, 4) is 0 Å². The van der Waals surface area contributed by atoms with Crippen LogP contribution in [0.3, 0.4) is 0 Å². The molecule has 1 aliphatic heterocycles. The van der Waals surface area contributed by atoms with Crippen molar-refractivity contribution in [2.75, 3.05) is 32.8 Å². The fourth-order valence-electron chi connectivity index (χ4n) is 7.94. The topological polar surface area (TPSA) is 120 Å². The Balaban J connectivity index is 1.23. The lowest BCUT2D eigenvalue weighted by Crippen LogP contribution is -2.72. The van der Waals surface area contributed by atoms with Crippen LogP contribution < -0.4 is 0 Å². The summed E-state index contributed by atoms with van der Waals surface area (Å²) in [6, 6.07) is 20.6. The number of piperazine rings is 1. The number of amides is 2. The number of aliphatic hydroxyl groups is 2. The van der Waals surface area contributed by atoms with Crippen LogP contribution in [0.25, 0.3) is 43.6 Å². The highest BCUT2D eigenvalue weighted by atomic mass is 19.1. The quantitative estimate of drug-likeness (QED) is 0.159. The molecule has 2 unspecified atom stereocenters. The van der Waals surface area contributed by atoms with Crippen molar-refractivity contribution in [3.63, 3.8) is 0 Å². The van der Waals surface area contributed by atoms with E-state index in [1.165, 1.54) is 41.3 Å². The molecule has 0 radical (unpaired) electrons. The summed E-state index contributed by atoms with van der Waals surface area (Å²) in [5.41, 5.74) is 0.721. The van der Waals surface area contributed by atoms with E-state index in [1.807, 2.05) is 33.4 Å². The van der Waals surface area contributed by atoms with Gasteiger partial charge in [0.1, 0.15) is 17.5 Å². The van der Waals surface area contributed by atoms with Gasteiger partial charge in [-0.15, -0.1) is 0 Å². The smallest absolute Gasteiger partial charge is 0.407 e. The molecule has 3 heterocycles. The monoisotopic (exact) mass is 730 g/mol. The van der Waals surface area contributed by atoms with Gasteiger partial charge in [-0.2, -0.15) is 0 Å². The summed E-state index contributed by atoms with van der Waals surface area (Å²) in [6.45, 7) is 4.55. The maximum Gasteiger partial charge on any atom is 0.407 e. The lowest BCUT2D eigenvalue weighted by atomic mass is 9.71. The number of nitrogens with zero attached hydrogens (tertiary/aromatic N) is 4. The third-order valence-corrected chi connectivity index (χ3v) is 10.8. The molecule has 1 fully saturated rings. The molecule has 0 bridgehead atoms. The van der Waals surface area contributed by atoms with Gasteiger partial charge in [0.2, 0.25) is 0 Å². The van der Waals surface area contributed by atoms with E-state index < -0.39 is 60.0 Å². The van der Waals surface area contributed by atoms with E-state index in [1.54, 1.807) is 39.0 Å². The van der Waals surface area contributed by atoms with Gasteiger partial charge in [0.15, 0.2) is 6.10 Å². The lowest BCUT2D eigenvalue weighted by Gasteiger charge is -2.55. The summed E-state index contributed by atoms with van der Waals surface area (Å²) in [7, 11) is 0. The van der Waals surface area contributed by atoms with Gasteiger partial charge in [0, 0.05) is 63.2 Å². The summed E-state index contributed by atoms with van der Waals surface area (Å²) in [4.78, 5) is 28.5. The maximum atomic E-state index is 14.5. The molecule has 2 aromatic heterocycles. The SMILES string of the molecule is CC(C)(C)[C@]1(CO)CN(C(=O)C(O)COC(Cn2c3ccccc3c3cc(F)ccc32)Cn2c3ccc(F)cc3c3cc(F)ccc32)CCN1C(=O)O. The molecule has 2 amide bonds. The van der Waals surface area contributed by atoms with E-state index >= 15 is 0 Å². The van der Waals surface area contributed by atoms with Crippen LogP contribution in [-0.2, 0) is 22.6 Å². The Morgan fingerprint density at radius 3 is 1.75 bits per heavy atom. The zero-order valence-electron chi connectivity index (χ0n) is 29.6. The van der Waals surface area contributed by atoms with Crippen molar-refractivity contribution >= 4 is 55.6 Å². The first kappa shape index (κ1) is 36.3. The molecule has 278 valence electrons. The zero-order chi connectivity index (χ0) is 37.8. The lowest BCUT2D eigenvalue weighted by molar-refractivity contribution is -0.155. The second-order valence-electron chi connectivity index (χ2n) is 14.8. The van der Waals surface area contributed by atoms with Gasteiger partial charge in [-0.3, -0.25) is 9.69 Å². The number of halogens is 3. The Labute approximate surface area is 303 Å². The number of benzene rings is 4. The molecule has 1 aliphatic rings. The number of aromatic nitrogens is 2. The zero-order valence-corrected chi connectivity index (χ0v) is 29.6. The van der Waals surface area contributed by atoms with Gasteiger partial charge >= 0.3 is 6.09 Å². The number of hydrogen-bond donors (Lipinski definition) is 3. The fourth-order valence-corrected chi connectivity index (χ4v) is 7.94. The average molecular weight is 731 g/mol. The number of fused-ring (bicyclic) bond motifs is 6. The number of hydrogen-bond acceptors (Lipinski definition) is 5. The van der Waals surface area contributed by atoms with Gasteiger partial charge in [-0.1, -0.05) is 39.0 Å². The summed E-state index contributed by atoms with van der Waals surface area (Å²) >= 11 is 0. The van der Waals surface area contributed by atoms with Crippen molar-refractivity contribution in [3.05, 3.63) is 96.3 Å². The fraction of sp³-hybridized carbons (Fsp3) is 0.350. The molecule has 3 N–H and O–H groups in total. The molecule has 7 rings (SSSR count). The molecular weight excluding hydrogens is 689 g/mol. The number of carboxylic acid groups (broad SMARTS) is 1. The molecule has 0 saturated carbocycles. The van der Waals surface area contributed by atoms with E-state index in [0.29, 0.717) is 27.2 Å². The molecule has 3 atom stereocenters. The normalized spacial score (nSPS) is 18.0. The van der Waals surface area contributed by atoms with Crippen LogP contribution in [-0.4, -0.2) is 96.8 Å². The first-order valence-corrected chi connectivity index (χ1v) is 17.5. The van der Waals surface area contributed by atoms with Crippen LogP contribution in [0, 0.1) is 22.9 Å². The summed E-state index contributed by atoms with van der Waals surface area (Å²) in [6.07, 6.45) is -3.60. The van der Waals surface area contributed by atoms with E-state index in [0.717, 1.165) is 21.3 Å². The van der Waals surface area contributed by atoms with Crippen LogP contribution in [0.2, 0.25) is 0 Å². The number of carbonyl (C=O) groups excluding carboxylic acids is 1. The molecule has 4 aromatic carbocycles. The minimum absolute atomic E-state index is 0.00974.